The van der Waals surface area contributed by atoms with E-state index in [0.29, 0.717) is 43.4 Å². The van der Waals surface area contributed by atoms with Gasteiger partial charge in [-0.05, 0) is 24.3 Å². The predicted octanol–water partition coefficient (Wildman–Crippen LogP) is 3.54. The maximum Gasteiger partial charge on any atom is 0.294 e. The molecule has 2 aromatic carbocycles. The van der Waals surface area contributed by atoms with Crippen LogP contribution in [0.4, 0.5) is 21.5 Å². The molecule has 1 aliphatic heterocycles. The van der Waals surface area contributed by atoms with E-state index in [0.717, 1.165) is 0 Å². The maximum absolute atomic E-state index is 13.6. The van der Waals surface area contributed by atoms with E-state index in [1.807, 2.05) is 4.90 Å². The summed E-state index contributed by atoms with van der Waals surface area (Å²) in [5, 5.41) is 14.2. The van der Waals surface area contributed by atoms with Crippen molar-refractivity contribution in [3.63, 3.8) is 0 Å². The highest BCUT2D eigenvalue weighted by molar-refractivity contribution is 6.30. The Balaban J connectivity index is 1.50. The smallest absolute Gasteiger partial charge is 0.294 e. The first-order valence-corrected chi connectivity index (χ1v) is 9.27. The molecule has 0 spiro atoms. The number of anilines is 2. The predicted molar refractivity (Wildman–Crippen MR) is 106 cm³/mol. The summed E-state index contributed by atoms with van der Waals surface area (Å²) in [6, 6.07) is 10.7. The van der Waals surface area contributed by atoms with Gasteiger partial charge in [0.2, 0.25) is 5.91 Å². The van der Waals surface area contributed by atoms with Gasteiger partial charge in [0.25, 0.3) is 5.69 Å². The minimum absolute atomic E-state index is 0.00906. The van der Waals surface area contributed by atoms with Crippen molar-refractivity contribution in [1.29, 1.82) is 0 Å². The van der Waals surface area contributed by atoms with Crippen molar-refractivity contribution in [2.24, 2.45) is 0 Å². The molecule has 148 valence electrons. The normalized spacial score (nSPS) is 14.7. The van der Waals surface area contributed by atoms with Crippen LogP contribution in [0.2, 0.25) is 5.02 Å². The molecule has 0 bridgehead atoms. The van der Waals surface area contributed by atoms with E-state index < -0.39 is 10.7 Å². The Bertz CT molecular complexity index is 872. The number of nitrogens with zero attached hydrogens (tertiary/aromatic N) is 3. The van der Waals surface area contributed by atoms with Gasteiger partial charge < -0.3 is 10.2 Å². The maximum atomic E-state index is 13.6. The van der Waals surface area contributed by atoms with Gasteiger partial charge in [-0.1, -0.05) is 23.7 Å². The quantitative estimate of drug-likeness (QED) is 0.586. The van der Waals surface area contributed by atoms with E-state index in [9.17, 15) is 19.3 Å². The topological polar surface area (TPSA) is 78.7 Å². The average molecular weight is 407 g/mol. The first-order valence-electron chi connectivity index (χ1n) is 8.89. The highest BCUT2D eigenvalue weighted by Gasteiger charge is 2.24. The average Bonchev–Trinajstić information content (AvgIpc) is 2.68. The Hall–Kier alpha value is -2.71. The lowest BCUT2D eigenvalue weighted by atomic mass is 10.2. The SMILES string of the molecule is O=C(CCN1CCN(c2ccc(Cl)cc2[N+](=O)[O-])CC1)Nc1ccccc1F. The van der Waals surface area contributed by atoms with Crippen molar-refractivity contribution in [2.75, 3.05) is 42.9 Å². The van der Waals surface area contributed by atoms with E-state index in [1.54, 1.807) is 24.3 Å². The Labute approximate surface area is 166 Å². The van der Waals surface area contributed by atoms with Crippen LogP contribution in [0.15, 0.2) is 42.5 Å². The fourth-order valence-electron chi connectivity index (χ4n) is 3.16. The molecule has 0 aliphatic carbocycles. The monoisotopic (exact) mass is 406 g/mol. The number of rotatable bonds is 6. The molecular formula is C19H20ClFN4O3. The minimum atomic E-state index is -0.464. The number of nitro groups is 1. The zero-order valence-corrected chi connectivity index (χ0v) is 15.9. The van der Waals surface area contributed by atoms with Crippen molar-refractivity contribution in [3.05, 3.63) is 63.4 Å². The van der Waals surface area contributed by atoms with Crippen molar-refractivity contribution in [3.8, 4) is 0 Å². The number of piperazine rings is 1. The number of para-hydroxylation sites is 1. The molecular weight excluding hydrogens is 387 g/mol. The Morgan fingerprint density at radius 1 is 1.18 bits per heavy atom. The third-order valence-corrected chi connectivity index (χ3v) is 4.89. The molecule has 0 unspecified atom stereocenters. The molecule has 0 atom stereocenters. The van der Waals surface area contributed by atoms with E-state index in [1.165, 1.54) is 18.2 Å². The molecule has 1 aliphatic rings. The van der Waals surface area contributed by atoms with Crippen LogP contribution in [0.1, 0.15) is 6.42 Å². The van der Waals surface area contributed by atoms with Crippen molar-refractivity contribution in [2.45, 2.75) is 6.42 Å². The zero-order valence-electron chi connectivity index (χ0n) is 15.1. The summed E-state index contributed by atoms with van der Waals surface area (Å²) in [5.74, 6) is -0.713. The number of benzene rings is 2. The second-order valence-electron chi connectivity index (χ2n) is 6.50. The van der Waals surface area contributed by atoms with Crippen LogP contribution in [-0.4, -0.2) is 48.5 Å². The standard InChI is InChI=1S/C19H20ClFN4O3/c20-14-5-6-17(18(13-14)25(27)28)24-11-9-23(10-12-24)8-7-19(26)22-16-4-2-1-3-15(16)21/h1-6,13H,7-12H2,(H,22,26). The summed E-state index contributed by atoms with van der Waals surface area (Å²) < 4.78 is 13.6. The molecule has 1 fully saturated rings. The summed E-state index contributed by atoms with van der Waals surface area (Å²) in [6.45, 7) is 3.10. The van der Waals surface area contributed by atoms with Crippen molar-refractivity contribution < 1.29 is 14.1 Å². The first kappa shape index (κ1) is 20.0. The molecule has 2 aromatic rings. The summed E-state index contributed by atoms with van der Waals surface area (Å²) in [7, 11) is 0. The molecule has 1 amide bonds. The Morgan fingerprint density at radius 3 is 2.57 bits per heavy atom. The number of amides is 1. The van der Waals surface area contributed by atoms with Crippen LogP contribution in [-0.2, 0) is 4.79 Å². The molecule has 1 heterocycles. The van der Waals surface area contributed by atoms with E-state index >= 15 is 0 Å². The summed E-state index contributed by atoms with van der Waals surface area (Å²) in [5.41, 5.74) is 0.712. The van der Waals surface area contributed by atoms with Crippen LogP contribution >= 0.6 is 11.6 Å². The van der Waals surface area contributed by atoms with Gasteiger partial charge in [-0.2, -0.15) is 0 Å². The summed E-state index contributed by atoms with van der Waals surface area (Å²) in [6.07, 6.45) is 0.245. The Morgan fingerprint density at radius 2 is 1.89 bits per heavy atom. The number of hydrogen-bond donors (Lipinski definition) is 1. The number of carbonyl (C=O) groups is 1. The lowest BCUT2D eigenvalue weighted by molar-refractivity contribution is -0.384. The zero-order chi connectivity index (χ0) is 20.1. The van der Waals surface area contributed by atoms with Gasteiger partial charge >= 0.3 is 0 Å². The third kappa shape index (κ3) is 4.96. The van der Waals surface area contributed by atoms with Gasteiger partial charge in [-0.25, -0.2) is 4.39 Å². The van der Waals surface area contributed by atoms with Crippen molar-refractivity contribution >= 4 is 34.6 Å². The summed E-state index contributed by atoms with van der Waals surface area (Å²) in [4.78, 5) is 26.9. The molecule has 9 heteroatoms. The summed E-state index contributed by atoms with van der Waals surface area (Å²) >= 11 is 5.87. The highest BCUT2D eigenvalue weighted by Crippen LogP contribution is 2.31. The lowest BCUT2D eigenvalue weighted by Gasteiger charge is -2.35. The fourth-order valence-corrected chi connectivity index (χ4v) is 3.32. The Kier molecular flexibility index (Phi) is 6.43. The van der Waals surface area contributed by atoms with Gasteiger partial charge in [-0.3, -0.25) is 19.8 Å². The van der Waals surface area contributed by atoms with Gasteiger partial charge in [-0.15, -0.1) is 0 Å². The second-order valence-corrected chi connectivity index (χ2v) is 6.93. The molecule has 0 saturated carbocycles. The van der Waals surface area contributed by atoms with Crippen LogP contribution in [0, 0.1) is 15.9 Å². The molecule has 7 nitrogen and oxygen atoms in total. The lowest BCUT2D eigenvalue weighted by Crippen LogP contribution is -2.47. The van der Waals surface area contributed by atoms with E-state index in [-0.39, 0.29) is 23.7 Å². The van der Waals surface area contributed by atoms with Crippen molar-refractivity contribution in [1.82, 2.24) is 4.90 Å². The number of nitro benzene ring substituents is 1. The largest absolute Gasteiger partial charge is 0.363 e. The fraction of sp³-hybridized carbons (Fsp3) is 0.316. The number of halogens is 2. The van der Waals surface area contributed by atoms with E-state index in [2.05, 4.69) is 10.2 Å². The van der Waals surface area contributed by atoms with Crippen LogP contribution < -0.4 is 10.2 Å². The van der Waals surface area contributed by atoms with Gasteiger partial charge in [0.15, 0.2) is 0 Å². The van der Waals surface area contributed by atoms with E-state index in [4.69, 9.17) is 11.6 Å². The van der Waals surface area contributed by atoms with Gasteiger partial charge in [0.05, 0.1) is 10.6 Å². The molecule has 1 N–H and O–H groups in total. The molecule has 0 radical (unpaired) electrons. The number of carbonyl (C=O) groups excluding carboxylic acids is 1. The minimum Gasteiger partial charge on any atom is -0.363 e. The van der Waals surface area contributed by atoms with Crippen LogP contribution in [0.5, 0.6) is 0 Å². The molecule has 3 rings (SSSR count). The molecule has 0 aromatic heterocycles. The van der Waals surface area contributed by atoms with Crippen LogP contribution in [0.25, 0.3) is 0 Å². The number of hydrogen-bond acceptors (Lipinski definition) is 5. The molecule has 1 saturated heterocycles. The third-order valence-electron chi connectivity index (χ3n) is 4.65. The van der Waals surface area contributed by atoms with Crippen LogP contribution in [0.3, 0.4) is 0 Å². The highest BCUT2D eigenvalue weighted by atomic mass is 35.5. The number of nitrogens with one attached hydrogen (secondary N) is 1. The second kappa shape index (κ2) is 8.99. The van der Waals surface area contributed by atoms with Gasteiger partial charge in [0.1, 0.15) is 11.5 Å². The molecule has 28 heavy (non-hydrogen) atoms. The van der Waals surface area contributed by atoms with Gasteiger partial charge in [0, 0.05) is 50.2 Å². The first-order chi connectivity index (χ1) is 13.4.